The summed E-state index contributed by atoms with van der Waals surface area (Å²) in [5.74, 6) is 0.225. The molecule has 0 spiro atoms. The lowest BCUT2D eigenvalue weighted by Gasteiger charge is -2.39. The molecule has 1 saturated heterocycles. The van der Waals surface area contributed by atoms with Crippen molar-refractivity contribution in [2.24, 2.45) is 0 Å². The SMILES string of the molecule is Cc1ccc(N2CCc3c(NC(=O)CN4CCN(C(c5ccccc5)c5ccccc5)CC4)n[nH]c3C2=O)cc1. The molecule has 0 aliphatic carbocycles. The minimum Gasteiger partial charge on any atom is -0.308 e. The summed E-state index contributed by atoms with van der Waals surface area (Å²) >= 11 is 0. The number of piperazine rings is 1. The minimum atomic E-state index is -0.124. The molecular weight excluding hydrogens is 500 g/mol. The summed E-state index contributed by atoms with van der Waals surface area (Å²) in [5.41, 5.74) is 5.79. The average molecular weight is 535 g/mol. The molecule has 204 valence electrons. The molecule has 0 saturated carbocycles. The second-order valence-corrected chi connectivity index (χ2v) is 10.6. The molecule has 8 nitrogen and oxygen atoms in total. The van der Waals surface area contributed by atoms with Crippen LogP contribution in [-0.4, -0.2) is 71.1 Å². The van der Waals surface area contributed by atoms with Crippen molar-refractivity contribution in [1.29, 1.82) is 0 Å². The highest BCUT2D eigenvalue weighted by molar-refractivity contribution is 6.08. The van der Waals surface area contributed by atoms with Crippen LogP contribution >= 0.6 is 0 Å². The summed E-state index contributed by atoms with van der Waals surface area (Å²) in [5, 5.41) is 10.1. The molecule has 0 atom stereocenters. The number of benzene rings is 3. The number of aryl methyl sites for hydroxylation is 1. The van der Waals surface area contributed by atoms with E-state index in [2.05, 4.69) is 86.0 Å². The Hall–Kier alpha value is -4.27. The number of carbonyl (C=O) groups excluding carboxylic acids is 2. The van der Waals surface area contributed by atoms with Crippen molar-refractivity contribution in [3.8, 4) is 0 Å². The van der Waals surface area contributed by atoms with Gasteiger partial charge in [0.2, 0.25) is 5.91 Å². The number of aromatic nitrogens is 2. The third-order valence-corrected chi connectivity index (χ3v) is 7.88. The molecule has 2 aliphatic heterocycles. The van der Waals surface area contributed by atoms with Gasteiger partial charge in [0, 0.05) is 44.0 Å². The van der Waals surface area contributed by atoms with E-state index in [1.54, 1.807) is 4.90 Å². The van der Waals surface area contributed by atoms with Gasteiger partial charge in [-0.1, -0.05) is 78.4 Å². The molecule has 40 heavy (non-hydrogen) atoms. The highest BCUT2D eigenvalue weighted by Crippen LogP contribution is 2.30. The summed E-state index contributed by atoms with van der Waals surface area (Å²) in [6.07, 6.45) is 0.625. The Morgan fingerprint density at radius 2 is 1.50 bits per heavy atom. The van der Waals surface area contributed by atoms with Gasteiger partial charge in [0.1, 0.15) is 5.69 Å². The van der Waals surface area contributed by atoms with E-state index in [1.807, 2.05) is 31.2 Å². The number of rotatable bonds is 7. The molecule has 8 heteroatoms. The number of anilines is 2. The van der Waals surface area contributed by atoms with Gasteiger partial charge in [-0.3, -0.25) is 24.5 Å². The highest BCUT2D eigenvalue weighted by atomic mass is 16.2. The Morgan fingerprint density at radius 1 is 0.875 bits per heavy atom. The second-order valence-electron chi connectivity index (χ2n) is 10.6. The van der Waals surface area contributed by atoms with E-state index in [4.69, 9.17) is 0 Å². The van der Waals surface area contributed by atoms with Gasteiger partial charge in [0.25, 0.3) is 5.91 Å². The smallest absolute Gasteiger partial charge is 0.276 e. The lowest BCUT2D eigenvalue weighted by atomic mass is 9.96. The van der Waals surface area contributed by atoms with Crippen LogP contribution in [0.2, 0.25) is 0 Å². The number of nitrogens with zero attached hydrogens (tertiary/aromatic N) is 4. The molecule has 2 aliphatic rings. The van der Waals surface area contributed by atoms with E-state index in [-0.39, 0.29) is 17.9 Å². The van der Waals surface area contributed by atoms with E-state index in [0.717, 1.165) is 43.0 Å². The van der Waals surface area contributed by atoms with Crippen molar-refractivity contribution >= 4 is 23.3 Å². The van der Waals surface area contributed by atoms with Gasteiger partial charge in [0.05, 0.1) is 12.6 Å². The first-order valence-electron chi connectivity index (χ1n) is 13.9. The summed E-state index contributed by atoms with van der Waals surface area (Å²) in [6.45, 7) is 6.18. The van der Waals surface area contributed by atoms with Crippen LogP contribution in [0.3, 0.4) is 0 Å². The van der Waals surface area contributed by atoms with Gasteiger partial charge in [-0.25, -0.2) is 0 Å². The number of amides is 2. The molecule has 4 aromatic rings. The largest absolute Gasteiger partial charge is 0.308 e. The molecule has 1 fully saturated rings. The van der Waals surface area contributed by atoms with Crippen molar-refractivity contribution < 1.29 is 9.59 Å². The number of H-pyrrole nitrogens is 1. The van der Waals surface area contributed by atoms with Crippen LogP contribution in [0.5, 0.6) is 0 Å². The number of hydrogen-bond donors (Lipinski definition) is 2. The molecule has 2 amide bonds. The fourth-order valence-electron chi connectivity index (χ4n) is 5.76. The highest BCUT2D eigenvalue weighted by Gasteiger charge is 2.31. The Balaban J connectivity index is 1.07. The van der Waals surface area contributed by atoms with Gasteiger partial charge >= 0.3 is 0 Å². The maximum atomic E-state index is 13.1. The first-order chi connectivity index (χ1) is 19.6. The first kappa shape index (κ1) is 26.0. The lowest BCUT2D eigenvalue weighted by Crippen LogP contribution is -2.49. The van der Waals surface area contributed by atoms with Crippen LogP contribution in [0, 0.1) is 6.92 Å². The quantitative estimate of drug-likeness (QED) is 0.370. The third-order valence-electron chi connectivity index (χ3n) is 7.88. The number of aromatic amines is 1. The van der Waals surface area contributed by atoms with E-state index < -0.39 is 0 Å². The van der Waals surface area contributed by atoms with Crippen molar-refractivity contribution in [2.75, 3.05) is 49.5 Å². The summed E-state index contributed by atoms with van der Waals surface area (Å²) < 4.78 is 0. The van der Waals surface area contributed by atoms with E-state index in [9.17, 15) is 9.59 Å². The van der Waals surface area contributed by atoms with Crippen molar-refractivity contribution in [1.82, 2.24) is 20.0 Å². The van der Waals surface area contributed by atoms with Crippen LogP contribution in [-0.2, 0) is 11.2 Å². The maximum absolute atomic E-state index is 13.1. The zero-order valence-corrected chi connectivity index (χ0v) is 22.7. The van der Waals surface area contributed by atoms with Gasteiger partial charge in [0.15, 0.2) is 5.82 Å². The van der Waals surface area contributed by atoms with Crippen molar-refractivity contribution in [2.45, 2.75) is 19.4 Å². The number of hydrogen-bond acceptors (Lipinski definition) is 5. The summed E-state index contributed by atoms with van der Waals surface area (Å²) in [4.78, 5) is 32.6. The summed E-state index contributed by atoms with van der Waals surface area (Å²) in [6, 6.07) is 29.3. The third kappa shape index (κ3) is 5.41. The normalized spacial score (nSPS) is 16.2. The van der Waals surface area contributed by atoms with Crippen molar-refractivity contribution in [3.63, 3.8) is 0 Å². The molecule has 0 unspecified atom stereocenters. The van der Waals surface area contributed by atoms with Gasteiger partial charge in [-0.2, -0.15) is 5.10 Å². The van der Waals surface area contributed by atoms with Gasteiger partial charge in [-0.15, -0.1) is 0 Å². The van der Waals surface area contributed by atoms with Crippen LogP contribution in [0.4, 0.5) is 11.5 Å². The lowest BCUT2D eigenvalue weighted by molar-refractivity contribution is -0.117. The van der Waals surface area contributed by atoms with Crippen LogP contribution in [0.1, 0.15) is 38.8 Å². The number of carbonyl (C=O) groups is 2. The zero-order valence-electron chi connectivity index (χ0n) is 22.7. The number of fused-ring (bicyclic) bond motifs is 1. The molecule has 2 N–H and O–H groups in total. The molecular formula is C32H34N6O2. The fourth-order valence-corrected chi connectivity index (χ4v) is 5.76. The standard InChI is InChI=1S/C32H34N6O2/c1-23-12-14-26(15-13-23)38-17-16-27-29(32(38)40)34-35-31(27)33-28(39)22-36-18-20-37(21-19-36)30(24-8-4-2-5-9-24)25-10-6-3-7-11-25/h2-15,30H,16-22H2,1H3,(H2,33,34,35,39). The molecule has 3 heterocycles. The van der Waals surface area contributed by atoms with E-state index in [0.29, 0.717) is 31.0 Å². The van der Waals surface area contributed by atoms with Crippen LogP contribution in [0.25, 0.3) is 0 Å². The van der Waals surface area contributed by atoms with Crippen LogP contribution in [0.15, 0.2) is 84.9 Å². The molecule has 1 aromatic heterocycles. The Morgan fingerprint density at radius 3 is 2.12 bits per heavy atom. The molecule has 0 radical (unpaired) electrons. The monoisotopic (exact) mass is 534 g/mol. The molecule has 6 rings (SSSR count). The zero-order chi connectivity index (χ0) is 27.5. The Bertz CT molecular complexity index is 1420. The first-order valence-corrected chi connectivity index (χ1v) is 13.9. The van der Waals surface area contributed by atoms with E-state index in [1.165, 1.54) is 11.1 Å². The van der Waals surface area contributed by atoms with Gasteiger partial charge < -0.3 is 10.2 Å². The Labute approximate surface area is 234 Å². The Kier molecular flexibility index (Phi) is 7.44. The van der Waals surface area contributed by atoms with E-state index >= 15 is 0 Å². The molecule has 3 aromatic carbocycles. The van der Waals surface area contributed by atoms with Gasteiger partial charge in [-0.05, 0) is 36.6 Å². The summed E-state index contributed by atoms with van der Waals surface area (Å²) in [7, 11) is 0. The maximum Gasteiger partial charge on any atom is 0.276 e. The van der Waals surface area contributed by atoms with Crippen molar-refractivity contribution in [3.05, 3.63) is 113 Å². The average Bonchev–Trinajstić information content (AvgIpc) is 3.39. The second kappa shape index (κ2) is 11.5. The number of nitrogens with one attached hydrogen (secondary N) is 2. The fraction of sp³-hybridized carbons (Fsp3) is 0.281. The predicted molar refractivity (Wildman–Crippen MR) is 157 cm³/mol. The predicted octanol–water partition coefficient (Wildman–Crippen LogP) is 4.27. The minimum absolute atomic E-state index is 0.112. The molecule has 0 bridgehead atoms. The van der Waals surface area contributed by atoms with Crippen LogP contribution < -0.4 is 10.2 Å². The topological polar surface area (TPSA) is 84.6 Å².